The van der Waals surface area contributed by atoms with Crippen LogP contribution in [0.3, 0.4) is 0 Å². The lowest BCUT2D eigenvalue weighted by Gasteiger charge is -2.17. The molecule has 5 heteroatoms. The van der Waals surface area contributed by atoms with Gasteiger partial charge in [0.15, 0.2) is 0 Å². The van der Waals surface area contributed by atoms with Crippen LogP contribution in [0.1, 0.15) is 19.3 Å². The van der Waals surface area contributed by atoms with E-state index in [0.717, 1.165) is 32.5 Å². The minimum Gasteiger partial charge on any atom is -0.397 e. The van der Waals surface area contributed by atoms with Crippen molar-refractivity contribution in [2.75, 3.05) is 51.8 Å². The summed E-state index contributed by atoms with van der Waals surface area (Å²) in [7, 11) is 6.27. The summed E-state index contributed by atoms with van der Waals surface area (Å²) in [6, 6.07) is 7.33. The van der Waals surface area contributed by atoms with Crippen LogP contribution in [0.4, 0.5) is 11.4 Å². The van der Waals surface area contributed by atoms with Gasteiger partial charge in [-0.25, -0.2) is 0 Å². The number of carbonyl (C=O) groups is 1. The van der Waals surface area contributed by atoms with Gasteiger partial charge in [-0.2, -0.15) is 0 Å². The van der Waals surface area contributed by atoms with Crippen LogP contribution in [0.2, 0.25) is 0 Å². The Morgan fingerprint density at radius 3 is 2.43 bits per heavy atom. The largest absolute Gasteiger partial charge is 0.397 e. The summed E-state index contributed by atoms with van der Waals surface area (Å²) in [4.78, 5) is 16.3. The molecule has 1 amide bonds. The first-order valence-corrected chi connectivity index (χ1v) is 7.46. The first-order chi connectivity index (χ1) is 9.99. The minimum absolute atomic E-state index is 0.0228. The number of nitrogen functional groups attached to an aromatic ring is 1. The van der Waals surface area contributed by atoms with E-state index in [9.17, 15) is 4.79 Å². The molecule has 0 spiro atoms. The molecule has 0 heterocycles. The number of para-hydroxylation sites is 2. The SMILES string of the molecule is CN(C)CCCN(C)CCCC(=O)Nc1ccccc1N. The molecule has 0 aliphatic heterocycles. The molecule has 0 aliphatic rings. The van der Waals surface area contributed by atoms with Gasteiger partial charge >= 0.3 is 0 Å². The molecule has 1 aromatic rings. The van der Waals surface area contributed by atoms with Gasteiger partial charge in [0.1, 0.15) is 0 Å². The number of nitrogens with one attached hydrogen (secondary N) is 1. The van der Waals surface area contributed by atoms with Crippen molar-refractivity contribution in [3.63, 3.8) is 0 Å². The van der Waals surface area contributed by atoms with Crippen molar-refractivity contribution in [3.05, 3.63) is 24.3 Å². The third-order valence-electron chi connectivity index (χ3n) is 3.32. The second-order valence-corrected chi connectivity index (χ2v) is 5.70. The van der Waals surface area contributed by atoms with E-state index in [-0.39, 0.29) is 5.91 Å². The zero-order valence-electron chi connectivity index (χ0n) is 13.4. The second-order valence-electron chi connectivity index (χ2n) is 5.70. The van der Waals surface area contributed by atoms with Gasteiger partial charge in [0.05, 0.1) is 11.4 Å². The van der Waals surface area contributed by atoms with E-state index in [1.165, 1.54) is 0 Å². The zero-order valence-corrected chi connectivity index (χ0v) is 13.4. The van der Waals surface area contributed by atoms with E-state index in [4.69, 9.17) is 5.73 Å². The summed E-state index contributed by atoms with van der Waals surface area (Å²) in [5.74, 6) is 0.0228. The fourth-order valence-electron chi connectivity index (χ4n) is 2.10. The van der Waals surface area contributed by atoms with Crippen molar-refractivity contribution in [3.8, 4) is 0 Å². The number of hydrogen-bond donors (Lipinski definition) is 2. The number of hydrogen-bond acceptors (Lipinski definition) is 4. The number of rotatable bonds is 9. The normalized spacial score (nSPS) is 11.1. The number of benzene rings is 1. The fourth-order valence-corrected chi connectivity index (χ4v) is 2.10. The minimum atomic E-state index is 0.0228. The molecule has 5 nitrogen and oxygen atoms in total. The fraction of sp³-hybridized carbons (Fsp3) is 0.562. The molecule has 0 saturated heterocycles. The van der Waals surface area contributed by atoms with Gasteiger partial charge in [0.2, 0.25) is 5.91 Å². The molecule has 0 bridgehead atoms. The van der Waals surface area contributed by atoms with Gasteiger partial charge in [0, 0.05) is 6.42 Å². The molecule has 0 atom stereocenters. The Labute approximate surface area is 128 Å². The Kier molecular flexibility index (Phi) is 7.79. The molecule has 21 heavy (non-hydrogen) atoms. The lowest BCUT2D eigenvalue weighted by molar-refractivity contribution is -0.116. The van der Waals surface area contributed by atoms with Crippen LogP contribution in [-0.4, -0.2) is 56.5 Å². The van der Waals surface area contributed by atoms with E-state index in [1.54, 1.807) is 6.07 Å². The number of nitrogens with two attached hydrogens (primary N) is 1. The van der Waals surface area contributed by atoms with Crippen LogP contribution < -0.4 is 11.1 Å². The maximum atomic E-state index is 11.9. The van der Waals surface area contributed by atoms with Gasteiger partial charge in [0.25, 0.3) is 0 Å². The summed E-state index contributed by atoms with van der Waals surface area (Å²) in [5, 5.41) is 2.85. The molecule has 0 fully saturated rings. The maximum absolute atomic E-state index is 11.9. The van der Waals surface area contributed by atoms with E-state index in [1.807, 2.05) is 18.2 Å². The quantitative estimate of drug-likeness (QED) is 0.682. The number of nitrogens with zero attached hydrogens (tertiary/aromatic N) is 2. The Morgan fingerprint density at radius 1 is 1.10 bits per heavy atom. The molecule has 0 aromatic heterocycles. The highest BCUT2D eigenvalue weighted by molar-refractivity contribution is 5.93. The molecule has 1 aromatic carbocycles. The Hall–Kier alpha value is -1.59. The van der Waals surface area contributed by atoms with Crippen molar-refractivity contribution < 1.29 is 4.79 Å². The molecule has 1 rings (SSSR count). The van der Waals surface area contributed by atoms with Gasteiger partial charge in [-0.3, -0.25) is 4.79 Å². The highest BCUT2D eigenvalue weighted by atomic mass is 16.1. The predicted molar refractivity (Wildman–Crippen MR) is 89.4 cm³/mol. The Bertz CT molecular complexity index is 434. The number of amides is 1. The van der Waals surface area contributed by atoms with Crippen molar-refractivity contribution in [2.24, 2.45) is 0 Å². The predicted octanol–water partition coefficient (Wildman–Crippen LogP) is 1.87. The summed E-state index contributed by atoms with van der Waals surface area (Å²) in [6.45, 7) is 3.09. The highest BCUT2D eigenvalue weighted by Gasteiger charge is 2.06. The average Bonchev–Trinajstić information content (AvgIpc) is 2.41. The lowest BCUT2D eigenvalue weighted by atomic mass is 10.2. The zero-order chi connectivity index (χ0) is 15.7. The van der Waals surface area contributed by atoms with Crippen LogP contribution in [0.5, 0.6) is 0 Å². The van der Waals surface area contributed by atoms with E-state index in [0.29, 0.717) is 17.8 Å². The van der Waals surface area contributed by atoms with Crippen LogP contribution in [0.15, 0.2) is 24.3 Å². The molecule has 0 radical (unpaired) electrons. The van der Waals surface area contributed by atoms with Crippen LogP contribution in [0.25, 0.3) is 0 Å². The van der Waals surface area contributed by atoms with Crippen LogP contribution >= 0.6 is 0 Å². The van der Waals surface area contributed by atoms with Gasteiger partial charge in [-0.05, 0) is 65.8 Å². The maximum Gasteiger partial charge on any atom is 0.224 e. The van der Waals surface area contributed by atoms with Crippen LogP contribution in [0, 0.1) is 0 Å². The second kappa shape index (κ2) is 9.37. The average molecular weight is 292 g/mol. The Morgan fingerprint density at radius 2 is 1.76 bits per heavy atom. The molecule has 0 aliphatic carbocycles. The molecular weight excluding hydrogens is 264 g/mol. The third-order valence-corrected chi connectivity index (χ3v) is 3.32. The van der Waals surface area contributed by atoms with E-state index >= 15 is 0 Å². The first-order valence-electron chi connectivity index (χ1n) is 7.46. The Balaban J connectivity index is 2.17. The monoisotopic (exact) mass is 292 g/mol. The standard InChI is InChI=1S/C16H28N4O/c1-19(2)11-7-13-20(3)12-6-10-16(21)18-15-9-5-4-8-14(15)17/h4-5,8-9H,6-7,10-13,17H2,1-3H3,(H,18,21). The topological polar surface area (TPSA) is 61.6 Å². The molecule has 118 valence electrons. The van der Waals surface area contributed by atoms with E-state index in [2.05, 4.69) is 36.3 Å². The van der Waals surface area contributed by atoms with Crippen molar-refractivity contribution >= 4 is 17.3 Å². The van der Waals surface area contributed by atoms with Gasteiger partial charge < -0.3 is 20.9 Å². The molecule has 3 N–H and O–H groups in total. The molecule has 0 saturated carbocycles. The lowest BCUT2D eigenvalue weighted by Crippen LogP contribution is -2.25. The van der Waals surface area contributed by atoms with E-state index < -0.39 is 0 Å². The molecule has 0 unspecified atom stereocenters. The summed E-state index contributed by atoms with van der Waals surface area (Å²) >= 11 is 0. The summed E-state index contributed by atoms with van der Waals surface area (Å²) in [5.41, 5.74) is 7.10. The third kappa shape index (κ3) is 7.68. The summed E-state index contributed by atoms with van der Waals surface area (Å²) in [6.07, 6.45) is 2.53. The number of carbonyl (C=O) groups excluding carboxylic acids is 1. The molecular formula is C16H28N4O. The number of anilines is 2. The van der Waals surface area contributed by atoms with Gasteiger partial charge in [-0.15, -0.1) is 0 Å². The van der Waals surface area contributed by atoms with Crippen molar-refractivity contribution in [1.82, 2.24) is 9.80 Å². The summed E-state index contributed by atoms with van der Waals surface area (Å²) < 4.78 is 0. The van der Waals surface area contributed by atoms with Crippen molar-refractivity contribution in [2.45, 2.75) is 19.3 Å². The first kappa shape index (κ1) is 17.5. The van der Waals surface area contributed by atoms with Gasteiger partial charge in [-0.1, -0.05) is 12.1 Å². The van der Waals surface area contributed by atoms with Crippen molar-refractivity contribution in [1.29, 1.82) is 0 Å². The smallest absolute Gasteiger partial charge is 0.224 e. The van der Waals surface area contributed by atoms with Crippen LogP contribution in [-0.2, 0) is 4.79 Å². The highest BCUT2D eigenvalue weighted by Crippen LogP contribution is 2.16.